The summed E-state index contributed by atoms with van der Waals surface area (Å²) in [5.74, 6) is 0. The maximum Gasteiger partial charge on any atom is 0.315 e. The van der Waals surface area contributed by atoms with Crippen molar-refractivity contribution in [1.29, 1.82) is 0 Å². The van der Waals surface area contributed by atoms with Crippen LogP contribution in [0.4, 0.5) is 5.69 Å². The zero-order valence-electron chi connectivity index (χ0n) is 15.0. The molecule has 0 amide bonds. The lowest BCUT2D eigenvalue weighted by atomic mass is 10.0. The van der Waals surface area contributed by atoms with Gasteiger partial charge in [0.25, 0.3) is 0 Å². The van der Waals surface area contributed by atoms with Crippen LogP contribution in [0.5, 0.6) is 0 Å². The van der Waals surface area contributed by atoms with Crippen molar-refractivity contribution in [2.75, 3.05) is 17.2 Å². The Balaban J connectivity index is 2.18. The number of nitrogens with zero attached hydrogens (tertiary/aromatic N) is 1. The van der Waals surface area contributed by atoms with Crippen molar-refractivity contribution < 1.29 is 4.57 Å². The Hall–Kier alpha value is -0.480. The molecular weight excluding hydrogens is 337 g/mol. The van der Waals surface area contributed by atoms with Crippen LogP contribution in [-0.4, -0.2) is 18.3 Å². The van der Waals surface area contributed by atoms with Crippen molar-refractivity contribution in [2.24, 2.45) is 0 Å². The van der Waals surface area contributed by atoms with E-state index in [9.17, 15) is 4.57 Å². The minimum absolute atomic E-state index is 0.583. The molecule has 1 aliphatic carbocycles. The predicted molar refractivity (Wildman–Crippen MR) is 108 cm³/mol. The van der Waals surface area contributed by atoms with Crippen LogP contribution in [0, 0.1) is 0 Å². The van der Waals surface area contributed by atoms with Gasteiger partial charge < -0.3 is 0 Å². The largest absolute Gasteiger partial charge is 0.315 e. The average molecular weight is 370 g/mol. The zero-order chi connectivity index (χ0) is 17.3. The summed E-state index contributed by atoms with van der Waals surface area (Å²) < 4.78 is 15.9. The van der Waals surface area contributed by atoms with E-state index in [1.54, 1.807) is 11.9 Å². The number of unbranched alkanes of at least 4 members (excludes halogenated alkanes) is 2. The molecule has 0 spiro atoms. The minimum atomic E-state index is -2.85. The summed E-state index contributed by atoms with van der Waals surface area (Å²) in [7, 11) is -2.85. The minimum Gasteiger partial charge on any atom is -0.263 e. The van der Waals surface area contributed by atoms with Gasteiger partial charge in [0.1, 0.15) is 0 Å². The van der Waals surface area contributed by atoms with E-state index in [0.717, 1.165) is 44.5 Å². The first-order valence-electron chi connectivity index (χ1n) is 9.32. The number of rotatable bonds is 12. The van der Waals surface area contributed by atoms with E-state index in [1.165, 1.54) is 19.3 Å². The van der Waals surface area contributed by atoms with Crippen molar-refractivity contribution in [3.63, 3.8) is 0 Å². The number of anilines is 1. The van der Waals surface area contributed by atoms with Crippen LogP contribution in [0.1, 0.15) is 58.8 Å². The zero-order valence-corrected chi connectivity index (χ0v) is 16.7. The maximum absolute atomic E-state index is 13.8. The molecule has 2 N–H and O–H groups in total. The standard InChI is InChI=1S/C18H32N3OPS/c1-3-5-15-19-23(22,20-16-6-4-2)21(24-18-13-10-14-18)17-11-8-7-9-12-17/h7-9,11-12,18H,3-6,10,13-16H2,1-2H3,(H2,19,20,22). The predicted octanol–water partition coefficient (Wildman–Crippen LogP) is 5.58. The van der Waals surface area contributed by atoms with Crippen molar-refractivity contribution in [1.82, 2.24) is 10.2 Å². The first-order valence-corrected chi connectivity index (χ1v) is 11.8. The molecule has 2 rings (SSSR count). The molecule has 0 aliphatic heterocycles. The van der Waals surface area contributed by atoms with Crippen LogP contribution in [0.25, 0.3) is 0 Å². The third kappa shape index (κ3) is 5.80. The maximum atomic E-state index is 13.8. The third-order valence-corrected chi connectivity index (χ3v) is 8.45. The second-order valence-corrected chi connectivity index (χ2v) is 10.1. The summed E-state index contributed by atoms with van der Waals surface area (Å²) in [5.41, 5.74) is 1.02. The van der Waals surface area contributed by atoms with E-state index in [1.807, 2.05) is 22.3 Å². The average Bonchev–Trinajstić information content (AvgIpc) is 2.55. The van der Waals surface area contributed by atoms with Gasteiger partial charge in [-0.3, -0.25) is 4.57 Å². The normalized spacial score (nSPS) is 15.2. The SMILES string of the molecule is CCCCNP(=O)(NCCCC)N(SC1CCC1)c1ccccc1. The van der Waals surface area contributed by atoms with E-state index in [4.69, 9.17) is 0 Å². The molecule has 0 heterocycles. The second-order valence-electron chi connectivity index (χ2n) is 6.37. The molecule has 24 heavy (non-hydrogen) atoms. The Bertz CT molecular complexity index is 496. The molecule has 1 fully saturated rings. The molecule has 1 saturated carbocycles. The van der Waals surface area contributed by atoms with Crippen LogP contribution < -0.4 is 14.3 Å². The molecule has 0 aromatic heterocycles. The Morgan fingerprint density at radius 3 is 2.12 bits per heavy atom. The van der Waals surface area contributed by atoms with Gasteiger partial charge in [0, 0.05) is 18.3 Å². The molecule has 1 aliphatic rings. The highest BCUT2D eigenvalue weighted by atomic mass is 32.2. The van der Waals surface area contributed by atoms with Crippen LogP contribution >= 0.6 is 19.5 Å². The fraction of sp³-hybridized carbons (Fsp3) is 0.667. The number of benzene rings is 1. The van der Waals surface area contributed by atoms with Crippen LogP contribution in [0.2, 0.25) is 0 Å². The second kappa shape index (κ2) is 10.5. The van der Waals surface area contributed by atoms with E-state index in [0.29, 0.717) is 5.25 Å². The lowest BCUT2D eigenvalue weighted by Crippen LogP contribution is -2.35. The summed E-state index contributed by atoms with van der Waals surface area (Å²) >= 11 is 1.75. The van der Waals surface area contributed by atoms with Gasteiger partial charge in [-0.25, -0.2) is 14.3 Å². The van der Waals surface area contributed by atoms with Crippen molar-refractivity contribution in [3.05, 3.63) is 30.3 Å². The fourth-order valence-electron chi connectivity index (χ4n) is 2.46. The first kappa shape index (κ1) is 19.8. The number of para-hydroxylation sites is 1. The molecule has 1 aromatic rings. The third-order valence-electron chi connectivity index (χ3n) is 4.25. The molecule has 0 saturated heterocycles. The van der Waals surface area contributed by atoms with E-state index >= 15 is 0 Å². The van der Waals surface area contributed by atoms with Crippen molar-refractivity contribution in [3.8, 4) is 0 Å². The Labute approximate surface area is 151 Å². The molecule has 4 nitrogen and oxygen atoms in total. The number of hydrogen-bond donors (Lipinski definition) is 2. The van der Waals surface area contributed by atoms with Crippen LogP contribution in [0.3, 0.4) is 0 Å². The van der Waals surface area contributed by atoms with E-state index in [2.05, 4.69) is 36.2 Å². The van der Waals surface area contributed by atoms with Gasteiger partial charge in [-0.05, 0) is 49.8 Å². The highest BCUT2D eigenvalue weighted by molar-refractivity contribution is 8.07. The molecule has 0 unspecified atom stereocenters. The monoisotopic (exact) mass is 369 g/mol. The van der Waals surface area contributed by atoms with E-state index < -0.39 is 7.59 Å². The number of nitrogens with one attached hydrogen (secondary N) is 2. The molecule has 1 aromatic carbocycles. The van der Waals surface area contributed by atoms with Crippen LogP contribution in [0.15, 0.2) is 30.3 Å². The topological polar surface area (TPSA) is 44.4 Å². The van der Waals surface area contributed by atoms with Crippen LogP contribution in [-0.2, 0) is 4.57 Å². The van der Waals surface area contributed by atoms with Gasteiger partial charge in [0.2, 0.25) is 0 Å². The smallest absolute Gasteiger partial charge is 0.263 e. The molecule has 0 bridgehead atoms. The van der Waals surface area contributed by atoms with Gasteiger partial charge in [-0.1, -0.05) is 51.3 Å². The summed E-state index contributed by atoms with van der Waals surface area (Å²) in [5, 5.41) is 7.30. The van der Waals surface area contributed by atoms with Gasteiger partial charge in [-0.15, -0.1) is 0 Å². The Morgan fingerprint density at radius 1 is 1.08 bits per heavy atom. The molecule has 136 valence electrons. The van der Waals surface area contributed by atoms with E-state index in [-0.39, 0.29) is 0 Å². The highest BCUT2D eigenvalue weighted by Crippen LogP contribution is 2.52. The van der Waals surface area contributed by atoms with Gasteiger partial charge in [0.05, 0.1) is 5.69 Å². The van der Waals surface area contributed by atoms with Gasteiger partial charge in [0.15, 0.2) is 0 Å². The van der Waals surface area contributed by atoms with Crippen molar-refractivity contribution in [2.45, 2.75) is 64.0 Å². The summed E-state index contributed by atoms with van der Waals surface area (Å²) in [6, 6.07) is 10.2. The lowest BCUT2D eigenvalue weighted by molar-refractivity contribution is 0.521. The summed E-state index contributed by atoms with van der Waals surface area (Å²) in [6.45, 7) is 5.88. The quantitative estimate of drug-likeness (QED) is 0.286. The lowest BCUT2D eigenvalue weighted by Gasteiger charge is -2.37. The Kier molecular flexibility index (Phi) is 8.68. The first-order chi connectivity index (χ1) is 11.7. The molecular formula is C18H32N3OPS. The summed E-state index contributed by atoms with van der Waals surface area (Å²) in [6.07, 6.45) is 8.01. The molecule has 6 heteroatoms. The van der Waals surface area contributed by atoms with Crippen molar-refractivity contribution >= 4 is 25.2 Å². The van der Waals surface area contributed by atoms with Gasteiger partial charge >= 0.3 is 7.59 Å². The number of hydrogen-bond acceptors (Lipinski definition) is 2. The fourth-order valence-corrected chi connectivity index (χ4v) is 6.56. The Morgan fingerprint density at radius 2 is 1.67 bits per heavy atom. The highest BCUT2D eigenvalue weighted by Gasteiger charge is 2.34. The molecule has 0 radical (unpaired) electrons. The summed E-state index contributed by atoms with van der Waals surface area (Å²) in [4.78, 5) is 0. The molecule has 0 atom stereocenters. The van der Waals surface area contributed by atoms with Gasteiger partial charge in [-0.2, -0.15) is 0 Å².